The lowest BCUT2D eigenvalue weighted by Gasteiger charge is -2.22. The van der Waals surface area contributed by atoms with Crippen LogP contribution in [0.5, 0.6) is 11.5 Å². The van der Waals surface area contributed by atoms with Crippen molar-refractivity contribution in [3.05, 3.63) is 52.8 Å². The molecule has 28 heavy (non-hydrogen) atoms. The second kappa shape index (κ2) is 7.72. The van der Waals surface area contributed by atoms with Gasteiger partial charge in [-0.25, -0.2) is 4.98 Å². The van der Waals surface area contributed by atoms with Crippen molar-refractivity contribution >= 4 is 28.5 Å². The fourth-order valence-corrected chi connectivity index (χ4v) is 3.63. The van der Waals surface area contributed by atoms with Gasteiger partial charge in [0.2, 0.25) is 5.91 Å². The minimum absolute atomic E-state index is 0.105. The van der Waals surface area contributed by atoms with Gasteiger partial charge in [0.25, 0.3) is 0 Å². The van der Waals surface area contributed by atoms with E-state index in [1.54, 1.807) is 6.07 Å². The van der Waals surface area contributed by atoms with Crippen LogP contribution in [-0.4, -0.2) is 29.1 Å². The van der Waals surface area contributed by atoms with E-state index < -0.39 is 0 Å². The van der Waals surface area contributed by atoms with Crippen LogP contribution in [0.2, 0.25) is 5.02 Å². The van der Waals surface area contributed by atoms with Gasteiger partial charge in [0.05, 0.1) is 28.5 Å². The molecule has 2 aromatic carbocycles. The van der Waals surface area contributed by atoms with E-state index in [9.17, 15) is 4.79 Å². The van der Waals surface area contributed by atoms with Gasteiger partial charge in [-0.1, -0.05) is 37.6 Å². The van der Waals surface area contributed by atoms with E-state index >= 15 is 0 Å². The first-order valence-corrected chi connectivity index (χ1v) is 9.71. The smallest absolute Gasteiger partial charge is 0.225 e. The number of hydrogen-bond donors (Lipinski definition) is 2. The van der Waals surface area contributed by atoms with Gasteiger partial charge < -0.3 is 19.8 Å². The number of nitrogens with zero attached hydrogens (tertiary/aromatic N) is 1. The maximum absolute atomic E-state index is 12.7. The molecule has 0 fully saturated rings. The number of aromatic amines is 1. The van der Waals surface area contributed by atoms with Gasteiger partial charge in [0.15, 0.2) is 11.5 Å². The summed E-state index contributed by atoms with van der Waals surface area (Å²) >= 11 is 6.28. The number of rotatable bonds is 5. The SMILES string of the molecule is CC(C)[C@@H](NC(=O)Cc1cc(Cl)c2c(c1)OCCO2)c1nc2ccccc2[nH]1. The standard InChI is InChI=1S/C21H22ClN3O3/c1-12(2)19(21-23-15-5-3-4-6-16(15)24-21)25-18(26)11-13-9-14(22)20-17(10-13)27-7-8-28-20/h3-6,9-10,12,19H,7-8,11H2,1-2H3,(H,23,24)(H,25,26)/t19-/m1/s1. The van der Waals surface area contributed by atoms with Crippen molar-refractivity contribution in [1.29, 1.82) is 0 Å². The molecule has 1 amide bonds. The van der Waals surface area contributed by atoms with Gasteiger partial charge in [0, 0.05) is 0 Å². The number of aromatic nitrogens is 2. The zero-order chi connectivity index (χ0) is 19.7. The van der Waals surface area contributed by atoms with Crippen molar-refractivity contribution < 1.29 is 14.3 Å². The summed E-state index contributed by atoms with van der Waals surface area (Å²) < 4.78 is 11.1. The summed E-state index contributed by atoms with van der Waals surface area (Å²) in [5.41, 5.74) is 2.62. The van der Waals surface area contributed by atoms with Crippen molar-refractivity contribution in [2.24, 2.45) is 5.92 Å². The molecule has 3 aromatic rings. The number of halogens is 1. The normalized spacial score (nSPS) is 14.3. The molecule has 0 radical (unpaired) electrons. The summed E-state index contributed by atoms with van der Waals surface area (Å²) in [6, 6.07) is 11.2. The molecule has 4 rings (SSSR count). The quantitative estimate of drug-likeness (QED) is 0.678. The molecule has 0 saturated carbocycles. The molecule has 6 nitrogen and oxygen atoms in total. The Morgan fingerprint density at radius 1 is 1.25 bits per heavy atom. The monoisotopic (exact) mass is 399 g/mol. The van der Waals surface area contributed by atoms with Crippen LogP contribution in [-0.2, 0) is 11.2 Å². The molecule has 2 N–H and O–H groups in total. The average Bonchev–Trinajstić information content (AvgIpc) is 3.09. The van der Waals surface area contributed by atoms with Gasteiger partial charge in [-0.15, -0.1) is 0 Å². The third kappa shape index (κ3) is 3.78. The first kappa shape index (κ1) is 18.6. The van der Waals surface area contributed by atoms with Gasteiger partial charge >= 0.3 is 0 Å². The summed E-state index contributed by atoms with van der Waals surface area (Å²) in [5.74, 6) is 1.95. The highest BCUT2D eigenvalue weighted by atomic mass is 35.5. The molecule has 1 aromatic heterocycles. The largest absolute Gasteiger partial charge is 0.486 e. The van der Waals surface area contributed by atoms with Crippen LogP contribution in [0.15, 0.2) is 36.4 Å². The third-order valence-electron chi connectivity index (χ3n) is 4.71. The number of nitrogens with one attached hydrogen (secondary N) is 2. The molecular weight excluding hydrogens is 378 g/mol. The number of amides is 1. The lowest BCUT2D eigenvalue weighted by molar-refractivity contribution is -0.121. The summed E-state index contributed by atoms with van der Waals surface area (Å²) in [6.07, 6.45) is 0.194. The number of ether oxygens (including phenoxy) is 2. The highest BCUT2D eigenvalue weighted by Crippen LogP contribution is 2.38. The zero-order valence-electron chi connectivity index (χ0n) is 15.8. The minimum atomic E-state index is -0.215. The average molecular weight is 400 g/mol. The van der Waals surface area contributed by atoms with Crippen molar-refractivity contribution in [2.75, 3.05) is 13.2 Å². The number of para-hydroxylation sites is 2. The third-order valence-corrected chi connectivity index (χ3v) is 4.99. The van der Waals surface area contributed by atoms with E-state index in [-0.39, 0.29) is 24.3 Å². The first-order chi connectivity index (χ1) is 13.5. The molecule has 1 atom stereocenters. The lowest BCUT2D eigenvalue weighted by atomic mass is 10.0. The van der Waals surface area contributed by atoms with Crippen LogP contribution in [0, 0.1) is 5.92 Å². The highest BCUT2D eigenvalue weighted by Gasteiger charge is 2.23. The molecule has 1 aliphatic heterocycles. The molecule has 1 aliphatic rings. The fraction of sp³-hybridized carbons (Fsp3) is 0.333. The predicted octanol–water partition coefficient (Wildman–Crippen LogP) is 4.04. The molecule has 0 spiro atoms. The van der Waals surface area contributed by atoms with Gasteiger partial charge in [-0.2, -0.15) is 0 Å². The van der Waals surface area contributed by atoms with Crippen molar-refractivity contribution in [1.82, 2.24) is 15.3 Å². The van der Waals surface area contributed by atoms with Gasteiger partial charge in [-0.05, 0) is 35.7 Å². The van der Waals surface area contributed by atoms with Crippen LogP contribution in [0.3, 0.4) is 0 Å². The second-order valence-corrected chi connectivity index (χ2v) is 7.61. The fourth-order valence-electron chi connectivity index (χ4n) is 3.35. The number of H-pyrrole nitrogens is 1. The second-order valence-electron chi connectivity index (χ2n) is 7.21. The number of carbonyl (C=O) groups is 1. The maximum Gasteiger partial charge on any atom is 0.225 e. The molecule has 7 heteroatoms. The van der Waals surface area contributed by atoms with Crippen LogP contribution < -0.4 is 14.8 Å². The van der Waals surface area contributed by atoms with Crippen LogP contribution in [0.25, 0.3) is 11.0 Å². The Morgan fingerprint density at radius 2 is 2.04 bits per heavy atom. The maximum atomic E-state index is 12.7. The number of imidazole rings is 1. The summed E-state index contributed by atoms with van der Waals surface area (Å²) in [4.78, 5) is 20.7. The van der Waals surface area contributed by atoms with Gasteiger partial charge in [0.1, 0.15) is 19.0 Å². The lowest BCUT2D eigenvalue weighted by Crippen LogP contribution is -2.33. The Hall–Kier alpha value is -2.73. The molecule has 0 unspecified atom stereocenters. The Kier molecular flexibility index (Phi) is 5.13. The van der Waals surface area contributed by atoms with Crippen LogP contribution in [0.4, 0.5) is 0 Å². The van der Waals surface area contributed by atoms with E-state index in [2.05, 4.69) is 29.1 Å². The van der Waals surface area contributed by atoms with E-state index in [4.69, 9.17) is 21.1 Å². The van der Waals surface area contributed by atoms with E-state index in [1.807, 2.05) is 30.3 Å². The summed E-state index contributed by atoms with van der Waals surface area (Å²) in [6.45, 7) is 5.05. The molecular formula is C21H22ClN3O3. The van der Waals surface area contributed by atoms with Crippen LogP contribution in [0.1, 0.15) is 31.3 Å². The number of fused-ring (bicyclic) bond motifs is 2. The molecule has 0 bridgehead atoms. The highest BCUT2D eigenvalue weighted by molar-refractivity contribution is 6.32. The summed E-state index contributed by atoms with van der Waals surface area (Å²) in [7, 11) is 0. The molecule has 0 aliphatic carbocycles. The van der Waals surface area contributed by atoms with Gasteiger partial charge in [-0.3, -0.25) is 4.79 Å². The zero-order valence-corrected chi connectivity index (χ0v) is 16.5. The van der Waals surface area contributed by atoms with E-state index in [0.717, 1.165) is 22.4 Å². The topological polar surface area (TPSA) is 76.2 Å². The van der Waals surface area contributed by atoms with Crippen molar-refractivity contribution in [3.8, 4) is 11.5 Å². The van der Waals surface area contributed by atoms with Crippen molar-refractivity contribution in [3.63, 3.8) is 0 Å². The molecule has 146 valence electrons. The van der Waals surface area contributed by atoms with E-state index in [0.29, 0.717) is 29.7 Å². The Balaban J connectivity index is 1.52. The van der Waals surface area contributed by atoms with Crippen molar-refractivity contribution in [2.45, 2.75) is 26.3 Å². The Labute approximate surface area is 168 Å². The van der Waals surface area contributed by atoms with Crippen LogP contribution >= 0.6 is 11.6 Å². The summed E-state index contributed by atoms with van der Waals surface area (Å²) in [5, 5.41) is 3.55. The number of benzene rings is 2. The molecule has 0 saturated heterocycles. The molecule has 2 heterocycles. The minimum Gasteiger partial charge on any atom is -0.486 e. The first-order valence-electron chi connectivity index (χ1n) is 9.33. The Morgan fingerprint density at radius 3 is 2.82 bits per heavy atom. The number of hydrogen-bond acceptors (Lipinski definition) is 4. The van der Waals surface area contributed by atoms with E-state index in [1.165, 1.54) is 0 Å². The number of carbonyl (C=O) groups excluding carboxylic acids is 1. The predicted molar refractivity (Wildman–Crippen MR) is 108 cm³/mol. The Bertz CT molecular complexity index is 982.